The Morgan fingerprint density at radius 1 is 1.40 bits per heavy atom. The molecular formula is C13H21N5O2. The van der Waals surface area contributed by atoms with Gasteiger partial charge in [0.05, 0.1) is 0 Å². The summed E-state index contributed by atoms with van der Waals surface area (Å²) >= 11 is 0. The van der Waals surface area contributed by atoms with Gasteiger partial charge in [-0.2, -0.15) is 0 Å². The largest absolute Gasteiger partial charge is 0.330 e. The highest BCUT2D eigenvalue weighted by atomic mass is 16.2. The van der Waals surface area contributed by atoms with Gasteiger partial charge >= 0.3 is 0 Å². The number of hydrogen-bond donors (Lipinski definition) is 1. The van der Waals surface area contributed by atoms with Crippen LogP contribution in [0.25, 0.3) is 0 Å². The molecule has 1 saturated heterocycles. The van der Waals surface area contributed by atoms with Crippen LogP contribution in [-0.2, 0) is 16.6 Å². The van der Waals surface area contributed by atoms with Crippen LogP contribution in [0.1, 0.15) is 33.1 Å². The van der Waals surface area contributed by atoms with Crippen molar-refractivity contribution in [2.24, 2.45) is 13.0 Å². The molecule has 0 aromatic carbocycles. The molecule has 7 heteroatoms. The Labute approximate surface area is 118 Å². The van der Waals surface area contributed by atoms with Crippen molar-refractivity contribution in [2.75, 3.05) is 11.9 Å². The van der Waals surface area contributed by atoms with Crippen LogP contribution in [0.4, 0.5) is 5.95 Å². The summed E-state index contributed by atoms with van der Waals surface area (Å²) in [5.74, 6) is 0.147. The number of aryl methyl sites for hydroxylation is 1. The Balaban J connectivity index is 2.09. The first-order valence-corrected chi connectivity index (χ1v) is 6.96. The van der Waals surface area contributed by atoms with E-state index in [2.05, 4.69) is 15.5 Å². The van der Waals surface area contributed by atoms with Crippen molar-refractivity contribution in [1.82, 2.24) is 19.7 Å². The van der Waals surface area contributed by atoms with Gasteiger partial charge in [-0.15, -0.1) is 10.2 Å². The Hall–Kier alpha value is -1.92. The van der Waals surface area contributed by atoms with Crippen molar-refractivity contribution in [1.29, 1.82) is 0 Å². The van der Waals surface area contributed by atoms with Gasteiger partial charge in [0.1, 0.15) is 12.4 Å². The average molecular weight is 279 g/mol. The maximum atomic E-state index is 12.4. The molecule has 7 nitrogen and oxygen atoms in total. The Kier molecular flexibility index (Phi) is 4.36. The molecule has 1 unspecified atom stereocenters. The Morgan fingerprint density at radius 2 is 2.15 bits per heavy atom. The summed E-state index contributed by atoms with van der Waals surface area (Å²) in [5.41, 5.74) is 0. The van der Waals surface area contributed by atoms with E-state index in [1.54, 1.807) is 16.5 Å². The van der Waals surface area contributed by atoms with Crippen LogP contribution < -0.4 is 5.32 Å². The monoisotopic (exact) mass is 279 g/mol. The summed E-state index contributed by atoms with van der Waals surface area (Å²) in [5, 5.41) is 10.3. The van der Waals surface area contributed by atoms with Gasteiger partial charge in [0.25, 0.3) is 0 Å². The van der Waals surface area contributed by atoms with Gasteiger partial charge in [0, 0.05) is 19.5 Å². The summed E-state index contributed by atoms with van der Waals surface area (Å²) in [6.07, 6.45) is 4.13. The highest BCUT2D eigenvalue weighted by molar-refractivity contribution is 5.96. The molecule has 0 radical (unpaired) electrons. The van der Waals surface area contributed by atoms with E-state index in [0.717, 1.165) is 12.8 Å². The van der Waals surface area contributed by atoms with Gasteiger partial charge in [0.15, 0.2) is 0 Å². The van der Waals surface area contributed by atoms with Gasteiger partial charge in [-0.1, -0.05) is 13.8 Å². The second-order valence-corrected chi connectivity index (χ2v) is 5.45. The predicted molar refractivity (Wildman–Crippen MR) is 73.8 cm³/mol. The van der Waals surface area contributed by atoms with Crippen molar-refractivity contribution in [3.05, 3.63) is 6.33 Å². The molecular weight excluding hydrogens is 258 g/mol. The number of rotatable bonds is 3. The molecule has 0 saturated carbocycles. The number of aromatic nitrogens is 3. The van der Waals surface area contributed by atoms with Gasteiger partial charge in [-0.3, -0.25) is 14.9 Å². The maximum absolute atomic E-state index is 12.4. The van der Waals surface area contributed by atoms with Crippen LogP contribution in [0, 0.1) is 5.92 Å². The van der Waals surface area contributed by atoms with Gasteiger partial charge in [0.2, 0.25) is 17.8 Å². The Morgan fingerprint density at radius 3 is 2.75 bits per heavy atom. The van der Waals surface area contributed by atoms with E-state index < -0.39 is 6.04 Å². The molecule has 1 atom stereocenters. The lowest BCUT2D eigenvalue weighted by Crippen LogP contribution is -2.51. The highest BCUT2D eigenvalue weighted by Crippen LogP contribution is 2.20. The van der Waals surface area contributed by atoms with Gasteiger partial charge in [-0.25, -0.2) is 0 Å². The van der Waals surface area contributed by atoms with E-state index in [4.69, 9.17) is 0 Å². The summed E-state index contributed by atoms with van der Waals surface area (Å²) in [6, 6.07) is -0.407. The third-order valence-corrected chi connectivity index (χ3v) is 3.53. The van der Waals surface area contributed by atoms with E-state index >= 15 is 0 Å². The fourth-order valence-electron chi connectivity index (χ4n) is 2.39. The smallest absolute Gasteiger partial charge is 0.249 e. The number of carbonyl (C=O) groups excluding carboxylic acids is 2. The van der Waals surface area contributed by atoms with Crippen LogP contribution in [0.2, 0.25) is 0 Å². The van der Waals surface area contributed by atoms with Gasteiger partial charge in [-0.05, 0) is 19.3 Å². The van der Waals surface area contributed by atoms with E-state index in [0.29, 0.717) is 18.9 Å². The lowest BCUT2D eigenvalue weighted by Gasteiger charge is -2.35. The summed E-state index contributed by atoms with van der Waals surface area (Å²) < 4.78 is 1.63. The molecule has 1 fully saturated rings. The zero-order chi connectivity index (χ0) is 14.7. The summed E-state index contributed by atoms with van der Waals surface area (Å²) in [7, 11) is 1.76. The molecule has 0 spiro atoms. The van der Waals surface area contributed by atoms with E-state index in [1.165, 1.54) is 6.33 Å². The first kappa shape index (κ1) is 14.5. The first-order valence-electron chi connectivity index (χ1n) is 6.96. The molecule has 2 rings (SSSR count). The number of carbonyl (C=O) groups is 2. The summed E-state index contributed by atoms with van der Waals surface area (Å²) in [4.78, 5) is 26.3. The van der Waals surface area contributed by atoms with Crippen LogP contribution in [0.15, 0.2) is 6.33 Å². The van der Waals surface area contributed by atoms with Crippen LogP contribution >= 0.6 is 0 Å². The number of piperidine rings is 1. The number of anilines is 1. The van der Waals surface area contributed by atoms with Crippen molar-refractivity contribution >= 4 is 17.8 Å². The van der Waals surface area contributed by atoms with E-state index in [-0.39, 0.29) is 17.7 Å². The van der Waals surface area contributed by atoms with E-state index in [9.17, 15) is 9.59 Å². The number of nitrogens with zero attached hydrogens (tertiary/aromatic N) is 4. The second-order valence-electron chi connectivity index (χ2n) is 5.45. The molecule has 1 aliphatic heterocycles. The molecule has 1 aliphatic rings. The third-order valence-electron chi connectivity index (χ3n) is 3.53. The van der Waals surface area contributed by atoms with Crippen LogP contribution in [0.3, 0.4) is 0 Å². The van der Waals surface area contributed by atoms with Crippen molar-refractivity contribution in [3.63, 3.8) is 0 Å². The number of hydrogen-bond acceptors (Lipinski definition) is 4. The van der Waals surface area contributed by atoms with E-state index in [1.807, 2.05) is 13.8 Å². The fraction of sp³-hybridized carbons (Fsp3) is 0.692. The molecule has 1 N–H and O–H groups in total. The third kappa shape index (κ3) is 2.97. The lowest BCUT2D eigenvalue weighted by molar-refractivity contribution is -0.143. The zero-order valence-corrected chi connectivity index (χ0v) is 12.2. The molecule has 2 amide bonds. The highest BCUT2D eigenvalue weighted by Gasteiger charge is 2.33. The molecule has 20 heavy (non-hydrogen) atoms. The average Bonchev–Trinajstić information content (AvgIpc) is 2.83. The van der Waals surface area contributed by atoms with Crippen molar-refractivity contribution in [3.8, 4) is 0 Å². The SMILES string of the molecule is CC(C)C(=O)N1CCCCC1C(=O)Nc1nncn1C. The van der Waals surface area contributed by atoms with Crippen molar-refractivity contribution in [2.45, 2.75) is 39.2 Å². The minimum absolute atomic E-state index is 0.0304. The molecule has 1 aromatic rings. The van der Waals surface area contributed by atoms with Crippen LogP contribution in [-0.4, -0.2) is 44.1 Å². The lowest BCUT2D eigenvalue weighted by atomic mass is 9.99. The minimum Gasteiger partial charge on any atom is -0.330 e. The first-order chi connectivity index (χ1) is 9.50. The quantitative estimate of drug-likeness (QED) is 0.887. The summed E-state index contributed by atoms with van der Waals surface area (Å²) in [6.45, 7) is 4.36. The minimum atomic E-state index is -0.407. The standard InChI is InChI=1S/C13H21N5O2/c1-9(2)12(20)18-7-5-4-6-10(18)11(19)15-13-16-14-8-17(13)3/h8-10H,4-7H2,1-3H3,(H,15,16,19). The molecule has 1 aromatic heterocycles. The van der Waals surface area contributed by atoms with Gasteiger partial charge < -0.3 is 9.47 Å². The second kappa shape index (κ2) is 6.02. The molecule has 0 bridgehead atoms. The maximum Gasteiger partial charge on any atom is 0.249 e. The molecule has 0 aliphatic carbocycles. The molecule has 110 valence electrons. The normalized spacial score (nSPS) is 19.2. The number of nitrogens with one attached hydrogen (secondary N) is 1. The number of likely N-dealkylation sites (tertiary alicyclic amines) is 1. The fourth-order valence-corrected chi connectivity index (χ4v) is 2.39. The number of amides is 2. The van der Waals surface area contributed by atoms with Crippen LogP contribution in [0.5, 0.6) is 0 Å². The Bertz CT molecular complexity index is 497. The zero-order valence-electron chi connectivity index (χ0n) is 12.2. The van der Waals surface area contributed by atoms with Crippen molar-refractivity contribution < 1.29 is 9.59 Å². The predicted octanol–water partition coefficient (Wildman–Crippen LogP) is 0.791. The topological polar surface area (TPSA) is 80.1 Å². The molecule has 2 heterocycles.